The highest BCUT2D eigenvalue weighted by molar-refractivity contribution is 6.03. The summed E-state index contributed by atoms with van der Waals surface area (Å²) in [4.78, 5) is 32.4. The van der Waals surface area contributed by atoms with E-state index in [1.165, 1.54) is 60.9 Å². The molecule has 2 amide bonds. The van der Waals surface area contributed by atoms with Gasteiger partial charge in [-0.25, -0.2) is 8.78 Å². The molecule has 0 spiro atoms. The summed E-state index contributed by atoms with van der Waals surface area (Å²) in [5.41, 5.74) is 4.92. The van der Waals surface area contributed by atoms with Crippen LogP contribution in [0, 0.1) is 11.6 Å². The molecule has 0 unspecified atom stereocenters. The Balaban J connectivity index is 1.42. The van der Waals surface area contributed by atoms with Gasteiger partial charge in [-0.15, -0.1) is 0 Å². The summed E-state index contributed by atoms with van der Waals surface area (Å²) >= 11 is 0. The van der Waals surface area contributed by atoms with Gasteiger partial charge in [-0.1, -0.05) is 0 Å². The molecule has 4 aromatic rings. The molecule has 0 bridgehead atoms. The van der Waals surface area contributed by atoms with Crippen LogP contribution in [0.1, 0.15) is 25.1 Å². The predicted molar refractivity (Wildman–Crippen MR) is 127 cm³/mol. The van der Waals surface area contributed by atoms with Gasteiger partial charge in [0.25, 0.3) is 11.8 Å². The van der Waals surface area contributed by atoms with Gasteiger partial charge in [-0.3, -0.25) is 19.6 Å². The van der Waals surface area contributed by atoms with Crippen molar-refractivity contribution < 1.29 is 32.0 Å². The van der Waals surface area contributed by atoms with Crippen LogP contribution in [0.25, 0.3) is 0 Å². The molecular formula is C25H19F2N5O4. The van der Waals surface area contributed by atoms with Gasteiger partial charge in [0, 0.05) is 47.7 Å². The van der Waals surface area contributed by atoms with Gasteiger partial charge in [0.1, 0.15) is 46.0 Å². The smallest absolute Gasteiger partial charge is 0.274 e. The third-order valence-corrected chi connectivity index (χ3v) is 4.67. The molecule has 36 heavy (non-hydrogen) atoms. The number of ether oxygens (including phenoxy) is 2. The Bertz CT molecular complexity index is 1550. The van der Waals surface area contributed by atoms with Crippen molar-refractivity contribution in [3.63, 3.8) is 0 Å². The van der Waals surface area contributed by atoms with Gasteiger partial charge < -0.3 is 25.8 Å². The van der Waals surface area contributed by atoms with Gasteiger partial charge in [0.15, 0.2) is 0 Å². The number of amides is 2. The number of halogens is 2. The van der Waals surface area contributed by atoms with Gasteiger partial charge in [0.2, 0.25) is 0 Å². The molecule has 182 valence electrons. The van der Waals surface area contributed by atoms with Crippen LogP contribution in [0.2, 0.25) is 0 Å². The normalized spacial score (nSPS) is 12.0. The van der Waals surface area contributed by atoms with Gasteiger partial charge in [-0.05, 0) is 36.4 Å². The highest BCUT2D eigenvalue weighted by atomic mass is 19.1. The number of nitrogens with zero attached hydrogens (tertiary/aromatic N) is 2. The Hall–Kier alpha value is -5.06. The lowest BCUT2D eigenvalue weighted by Crippen LogP contribution is -2.18. The second kappa shape index (κ2) is 10.5. The average Bonchev–Trinajstić information content (AvgIpc) is 2.87. The van der Waals surface area contributed by atoms with E-state index < -0.39 is 30.4 Å². The number of pyridine rings is 2. The van der Waals surface area contributed by atoms with Crippen molar-refractivity contribution in [3.8, 4) is 23.0 Å². The molecule has 9 nitrogen and oxygen atoms in total. The number of hydrogen-bond acceptors (Lipinski definition) is 7. The summed E-state index contributed by atoms with van der Waals surface area (Å²) in [6, 6.07) is 12.8. The van der Waals surface area contributed by atoms with Crippen LogP contribution in [0.4, 0.5) is 20.2 Å². The van der Waals surface area contributed by atoms with Crippen LogP contribution in [-0.2, 0) is 0 Å². The lowest BCUT2D eigenvalue weighted by atomic mass is 10.2. The van der Waals surface area contributed by atoms with E-state index in [2.05, 4.69) is 15.3 Å². The SMILES string of the molecule is [2H]C([2H])([2H])NC(=O)c1cc(Oc2ccc(NC(=O)c3cc(Oc4ccc(N)c(F)c4)ccn3)c(F)c2)ccn1. The molecule has 0 aliphatic heterocycles. The fourth-order valence-corrected chi connectivity index (χ4v) is 2.95. The molecule has 4 N–H and O–H groups in total. The molecule has 4 rings (SSSR count). The number of nitrogens with two attached hydrogens (primary N) is 1. The van der Waals surface area contributed by atoms with E-state index in [4.69, 9.17) is 19.3 Å². The molecule has 0 aliphatic rings. The maximum absolute atomic E-state index is 14.7. The highest BCUT2D eigenvalue weighted by Gasteiger charge is 2.14. The molecule has 0 aliphatic carbocycles. The number of nitrogens with one attached hydrogen (secondary N) is 2. The molecule has 2 heterocycles. The summed E-state index contributed by atoms with van der Waals surface area (Å²) in [5.74, 6) is -2.70. The van der Waals surface area contributed by atoms with Crippen molar-refractivity contribution in [2.24, 2.45) is 0 Å². The molecule has 0 saturated carbocycles. The fourth-order valence-electron chi connectivity index (χ4n) is 2.95. The number of aromatic nitrogens is 2. The van der Waals surface area contributed by atoms with Gasteiger partial charge in [-0.2, -0.15) is 0 Å². The van der Waals surface area contributed by atoms with Crippen LogP contribution < -0.4 is 25.8 Å². The molecule has 0 atom stereocenters. The largest absolute Gasteiger partial charge is 0.457 e. The zero-order valence-electron chi connectivity index (χ0n) is 21.3. The summed E-state index contributed by atoms with van der Waals surface area (Å²) in [7, 11) is 0. The molecule has 11 heteroatoms. The third-order valence-electron chi connectivity index (χ3n) is 4.67. The number of nitrogen functional groups attached to an aromatic ring is 1. The van der Waals surface area contributed by atoms with E-state index >= 15 is 0 Å². The first-order chi connectivity index (χ1) is 18.5. The van der Waals surface area contributed by atoms with Crippen molar-refractivity contribution >= 4 is 23.2 Å². The summed E-state index contributed by atoms with van der Waals surface area (Å²) in [5, 5.41) is 4.20. The van der Waals surface area contributed by atoms with Crippen LogP contribution in [-0.4, -0.2) is 28.8 Å². The Morgan fingerprint density at radius 1 is 0.806 bits per heavy atom. The van der Waals surface area contributed by atoms with Crippen molar-refractivity contribution in [3.05, 3.63) is 96.1 Å². The molecule has 0 saturated heterocycles. The lowest BCUT2D eigenvalue weighted by molar-refractivity contribution is 0.0957. The predicted octanol–water partition coefficient (Wildman–Crippen LogP) is 4.53. The Morgan fingerprint density at radius 3 is 1.94 bits per heavy atom. The number of hydrogen-bond donors (Lipinski definition) is 3. The minimum atomic E-state index is -2.70. The van der Waals surface area contributed by atoms with E-state index in [1.54, 1.807) is 5.32 Å². The van der Waals surface area contributed by atoms with E-state index in [-0.39, 0.29) is 45.8 Å². The van der Waals surface area contributed by atoms with Crippen LogP contribution in [0.15, 0.2) is 73.1 Å². The quantitative estimate of drug-likeness (QED) is 0.322. The zero-order chi connectivity index (χ0) is 28.2. The molecule has 0 radical (unpaired) electrons. The second-order valence-electron chi connectivity index (χ2n) is 7.19. The Labute approximate surface area is 208 Å². The molecule has 0 fully saturated rings. The van der Waals surface area contributed by atoms with Crippen molar-refractivity contribution in [1.29, 1.82) is 0 Å². The number of benzene rings is 2. The number of carbonyl (C=O) groups is 2. The Morgan fingerprint density at radius 2 is 1.36 bits per heavy atom. The van der Waals surface area contributed by atoms with Crippen LogP contribution >= 0.6 is 0 Å². The lowest BCUT2D eigenvalue weighted by Gasteiger charge is -2.11. The maximum atomic E-state index is 14.7. The first-order valence-corrected chi connectivity index (χ1v) is 10.2. The Kier molecular flexibility index (Phi) is 5.91. The van der Waals surface area contributed by atoms with Crippen LogP contribution in [0.5, 0.6) is 23.0 Å². The summed E-state index contributed by atoms with van der Waals surface area (Å²) < 4.78 is 60.8. The van der Waals surface area contributed by atoms with E-state index in [0.717, 1.165) is 12.1 Å². The molecular weight excluding hydrogens is 472 g/mol. The number of anilines is 2. The van der Waals surface area contributed by atoms with E-state index in [0.29, 0.717) is 0 Å². The standard InChI is InChI=1S/C25H19F2N5O4/c1-29-24(33)22-12-16(6-8-30-22)36-15-3-5-21(19(27)11-15)32-25(34)23-13-17(7-9-31-23)35-14-2-4-20(28)18(26)10-14/h2-13H,28H2,1H3,(H,29,33)(H,32,34)/i1D3. The van der Waals surface area contributed by atoms with Gasteiger partial charge in [0.05, 0.1) is 11.4 Å². The van der Waals surface area contributed by atoms with Gasteiger partial charge >= 0.3 is 0 Å². The first-order valence-electron chi connectivity index (χ1n) is 11.7. The van der Waals surface area contributed by atoms with E-state index in [1.807, 2.05) is 0 Å². The highest BCUT2D eigenvalue weighted by Crippen LogP contribution is 2.27. The summed E-state index contributed by atoms with van der Waals surface area (Å²) in [6.07, 6.45) is 2.52. The second-order valence-corrected chi connectivity index (χ2v) is 7.19. The van der Waals surface area contributed by atoms with Crippen molar-refractivity contribution in [2.75, 3.05) is 18.0 Å². The topological polar surface area (TPSA) is 128 Å². The number of carbonyl (C=O) groups excluding carboxylic acids is 2. The minimum Gasteiger partial charge on any atom is -0.457 e. The average molecular weight is 494 g/mol. The molecule has 2 aromatic heterocycles. The number of rotatable bonds is 7. The van der Waals surface area contributed by atoms with Crippen molar-refractivity contribution in [2.45, 2.75) is 0 Å². The summed E-state index contributed by atoms with van der Waals surface area (Å²) in [6.45, 7) is -2.70. The maximum Gasteiger partial charge on any atom is 0.274 e. The molecule has 2 aromatic carbocycles. The monoisotopic (exact) mass is 494 g/mol. The third kappa shape index (κ3) is 5.70. The first kappa shape index (κ1) is 20.3. The fraction of sp³-hybridized carbons (Fsp3) is 0.0400. The van der Waals surface area contributed by atoms with Crippen LogP contribution in [0.3, 0.4) is 0 Å². The van der Waals surface area contributed by atoms with E-state index in [9.17, 15) is 18.4 Å². The zero-order valence-corrected chi connectivity index (χ0v) is 18.3. The minimum absolute atomic E-state index is 0.0307. The van der Waals surface area contributed by atoms with Crippen molar-refractivity contribution in [1.82, 2.24) is 15.3 Å².